The van der Waals surface area contributed by atoms with Crippen LogP contribution in [-0.2, 0) is 5.41 Å². The van der Waals surface area contributed by atoms with Crippen molar-refractivity contribution >= 4 is 14.1 Å². The average molecular weight is 351 g/mol. The van der Waals surface area contributed by atoms with E-state index in [0.29, 0.717) is 11.1 Å². The number of rotatable bonds is 2. The molecule has 25 heavy (non-hydrogen) atoms. The summed E-state index contributed by atoms with van der Waals surface area (Å²) >= 11 is 0. The van der Waals surface area contributed by atoms with Crippen molar-refractivity contribution in [2.24, 2.45) is 5.41 Å². The van der Waals surface area contributed by atoms with Crippen molar-refractivity contribution in [3.63, 3.8) is 0 Å². The van der Waals surface area contributed by atoms with Crippen LogP contribution in [0.5, 0.6) is 0 Å². The lowest BCUT2D eigenvalue weighted by Crippen LogP contribution is -2.37. The van der Waals surface area contributed by atoms with Gasteiger partial charge in [-0.2, -0.15) is 0 Å². The van der Waals surface area contributed by atoms with Gasteiger partial charge >= 0.3 is 0 Å². The first kappa shape index (κ1) is 18.4. The van der Waals surface area contributed by atoms with Crippen LogP contribution in [0.2, 0.25) is 18.6 Å². The van der Waals surface area contributed by atoms with E-state index in [1.54, 1.807) is 5.56 Å². The summed E-state index contributed by atoms with van der Waals surface area (Å²) in [4.78, 5) is 0. The fourth-order valence-corrected chi connectivity index (χ4v) is 7.58. The molecule has 0 aliphatic heterocycles. The summed E-state index contributed by atoms with van der Waals surface area (Å²) in [6.07, 6.45) is 12.3. The summed E-state index contributed by atoms with van der Waals surface area (Å²) in [7, 11) is -1.54. The highest BCUT2D eigenvalue weighted by atomic mass is 28.3. The maximum atomic E-state index is 2.57. The minimum absolute atomic E-state index is 0.197. The van der Waals surface area contributed by atoms with Crippen molar-refractivity contribution < 1.29 is 0 Å². The number of benzene rings is 1. The normalized spacial score (nSPS) is 23.1. The minimum Gasteiger partial charge on any atom is -0.0800 e. The second kappa shape index (κ2) is 5.84. The van der Waals surface area contributed by atoms with Gasteiger partial charge in [0.25, 0.3) is 0 Å². The Morgan fingerprint density at radius 3 is 2.08 bits per heavy atom. The van der Waals surface area contributed by atoms with Gasteiger partial charge in [-0.1, -0.05) is 103 Å². The van der Waals surface area contributed by atoms with Gasteiger partial charge in [0.15, 0.2) is 0 Å². The van der Waals surface area contributed by atoms with Crippen LogP contribution in [0.15, 0.2) is 48.1 Å². The van der Waals surface area contributed by atoms with E-state index in [2.05, 4.69) is 103 Å². The molecule has 2 atom stereocenters. The highest BCUT2D eigenvalue weighted by molar-refractivity contribution is 6.81. The van der Waals surface area contributed by atoms with Gasteiger partial charge in [0.05, 0.1) is 8.07 Å². The number of fused-ring (bicyclic) bond motifs is 1. The number of hydrogen-bond donors (Lipinski definition) is 0. The molecule has 0 fully saturated rings. The van der Waals surface area contributed by atoms with Crippen LogP contribution in [0.3, 0.4) is 0 Å². The Bertz CT molecular complexity index is 760. The quantitative estimate of drug-likeness (QED) is 0.492. The highest BCUT2D eigenvalue weighted by Crippen LogP contribution is 2.48. The third-order valence-corrected chi connectivity index (χ3v) is 10.3. The van der Waals surface area contributed by atoms with Crippen LogP contribution in [0, 0.1) is 5.41 Å². The van der Waals surface area contributed by atoms with Crippen LogP contribution in [0.4, 0.5) is 0 Å². The third-order valence-electron chi connectivity index (χ3n) is 6.11. The van der Waals surface area contributed by atoms with E-state index in [1.807, 2.05) is 0 Å². The zero-order valence-electron chi connectivity index (χ0n) is 17.3. The molecule has 0 bridgehead atoms. The predicted molar refractivity (Wildman–Crippen MR) is 115 cm³/mol. The molecule has 0 amide bonds. The molecule has 1 heteroatoms. The Morgan fingerprint density at radius 2 is 1.52 bits per heavy atom. The van der Waals surface area contributed by atoms with E-state index in [0.717, 1.165) is 0 Å². The molecular formula is C24H34Si. The molecule has 2 aliphatic carbocycles. The van der Waals surface area contributed by atoms with Gasteiger partial charge in [-0.05, 0) is 44.2 Å². The van der Waals surface area contributed by atoms with Crippen molar-refractivity contribution in [2.75, 3.05) is 0 Å². The van der Waals surface area contributed by atoms with Gasteiger partial charge in [-0.15, -0.1) is 0 Å². The first-order valence-corrected chi connectivity index (χ1v) is 12.8. The summed E-state index contributed by atoms with van der Waals surface area (Å²) in [5.74, 6) is 0. The lowest BCUT2D eigenvalue weighted by atomic mass is 9.83. The van der Waals surface area contributed by atoms with E-state index in [4.69, 9.17) is 0 Å². The molecule has 0 nitrogen and oxygen atoms in total. The zero-order chi connectivity index (χ0) is 18.6. The van der Waals surface area contributed by atoms with Gasteiger partial charge in [0.1, 0.15) is 0 Å². The molecule has 0 spiro atoms. The second-order valence-corrected chi connectivity index (χ2v) is 15.4. The summed E-state index contributed by atoms with van der Waals surface area (Å²) in [5.41, 5.74) is 7.72. The Labute approximate surface area is 155 Å². The van der Waals surface area contributed by atoms with Crippen LogP contribution >= 0.6 is 0 Å². The van der Waals surface area contributed by atoms with Crippen molar-refractivity contribution in [2.45, 2.75) is 71.1 Å². The molecule has 134 valence electrons. The molecule has 2 unspecified atom stereocenters. The minimum atomic E-state index is -1.54. The molecule has 2 aliphatic rings. The summed E-state index contributed by atoms with van der Waals surface area (Å²) in [5, 5.41) is 0. The van der Waals surface area contributed by atoms with E-state index >= 15 is 0 Å². The monoisotopic (exact) mass is 350 g/mol. The van der Waals surface area contributed by atoms with Gasteiger partial charge < -0.3 is 0 Å². The smallest absolute Gasteiger partial charge is 0.0707 e. The lowest BCUT2D eigenvalue weighted by Gasteiger charge is -2.34. The van der Waals surface area contributed by atoms with Crippen LogP contribution < -0.4 is 0 Å². The van der Waals surface area contributed by atoms with E-state index < -0.39 is 8.07 Å². The van der Waals surface area contributed by atoms with Gasteiger partial charge in [0.2, 0.25) is 0 Å². The maximum Gasteiger partial charge on any atom is 0.0707 e. The predicted octanol–water partition coefficient (Wildman–Crippen LogP) is 7.25. The molecule has 0 N–H and O–H groups in total. The molecule has 3 rings (SSSR count). The Hall–Kier alpha value is -1.34. The SMILES string of the molecule is CC(C)(C)C1=CC([Si](C)(C)C2C=Cc3c2cccc3C(C)(C)C)C=C1. The highest BCUT2D eigenvalue weighted by Gasteiger charge is 2.41. The number of allylic oxidation sites excluding steroid dienone is 5. The summed E-state index contributed by atoms with van der Waals surface area (Å²) in [6, 6.07) is 6.95. The lowest BCUT2D eigenvalue weighted by molar-refractivity contribution is 0.517. The third kappa shape index (κ3) is 3.24. The summed E-state index contributed by atoms with van der Waals surface area (Å²) < 4.78 is 0. The van der Waals surface area contributed by atoms with Crippen molar-refractivity contribution in [3.8, 4) is 0 Å². The average Bonchev–Trinajstić information content (AvgIpc) is 3.12. The van der Waals surface area contributed by atoms with Crippen molar-refractivity contribution in [3.05, 3.63) is 64.8 Å². The summed E-state index contributed by atoms with van der Waals surface area (Å²) in [6.45, 7) is 19.1. The van der Waals surface area contributed by atoms with Crippen molar-refractivity contribution in [1.29, 1.82) is 0 Å². The fraction of sp³-hybridized carbons (Fsp3) is 0.500. The molecule has 0 saturated heterocycles. The topological polar surface area (TPSA) is 0 Å². The zero-order valence-corrected chi connectivity index (χ0v) is 18.3. The van der Waals surface area contributed by atoms with Crippen molar-refractivity contribution in [1.82, 2.24) is 0 Å². The molecule has 1 aromatic rings. The molecule has 0 heterocycles. The molecule has 0 aromatic heterocycles. The molecular weight excluding hydrogens is 316 g/mol. The Balaban J connectivity index is 1.98. The largest absolute Gasteiger partial charge is 0.0800 e. The van der Waals surface area contributed by atoms with Crippen LogP contribution in [0.1, 0.15) is 63.8 Å². The first-order valence-electron chi connectivity index (χ1n) is 9.64. The molecule has 1 aromatic carbocycles. The first-order chi connectivity index (χ1) is 11.4. The van der Waals surface area contributed by atoms with E-state index in [1.165, 1.54) is 16.7 Å². The van der Waals surface area contributed by atoms with E-state index in [9.17, 15) is 0 Å². The van der Waals surface area contributed by atoms with Crippen LogP contribution in [-0.4, -0.2) is 8.07 Å². The Kier molecular flexibility index (Phi) is 4.31. The van der Waals surface area contributed by atoms with Gasteiger partial charge in [-0.3, -0.25) is 0 Å². The van der Waals surface area contributed by atoms with Gasteiger partial charge in [0, 0.05) is 0 Å². The Morgan fingerprint density at radius 1 is 0.840 bits per heavy atom. The fourth-order valence-electron chi connectivity index (χ4n) is 4.32. The molecule has 0 radical (unpaired) electrons. The second-order valence-electron chi connectivity index (χ2n) is 10.5. The number of hydrogen-bond acceptors (Lipinski definition) is 0. The van der Waals surface area contributed by atoms with Crippen LogP contribution in [0.25, 0.3) is 6.08 Å². The maximum absolute atomic E-state index is 2.57. The van der Waals surface area contributed by atoms with Gasteiger partial charge in [-0.25, -0.2) is 0 Å². The van der Waals surface area contributed by atoms with E-state index in [-0.39, 0.29) is 10.8 Å². The molecule has 0 saturated carbocycles. The standard InChI is InChI=1S/C24H34Si/c1-23(2,3)17-12-13-18(16-17)25(7,8)22-15-14-19-20(22)10-9-11-21(19)24(4,5)6/h9-16,18,22H,1-8H3.